The van der Waals surface area contributed by atoms with Crippen LogP contribution in [-0.2, 0) is 4.79 Å². The number of benzene rings is 1. The number of rotatable bonds is 1. The van der Waals surface area contributed by atoms with E-state index in [1.807, 2.05) is 20.8 Å². The topological polar surface area (TPSA) is 40.5 Å². The van der Waals surface area contributed by atoms with E-state index >= 15 is 0 Å². The van der Waals surface area contributed by atoms with Crippen molar-refractivity contribution in [1.29, 1.82) is 0 Å². The standard InChI is InChI=1S/C14H15NO2S2/c1-14(2,3)15-12(17)11(19-13(15)18)8-9-4-6-10(16)7-5-9/h4-8,16H,1-3H3/b11-8-. The Kier molecular flexibility index (Phi) is 3.69. The molecule has 19 heavy (non-hydrogen) atoms. The summed E-state index contributed by atoms with van der Waals surface area (Å²) in [4.78, 5) is 14.6. The van der Waals surface area contributed by atoms with Gasteiger partial charge in [-0.2, -0.15) is 0 Å². The molecule has 1 saturated heterocycles. The monoisotopic (exact) mass is 293 g/mol. The van der Waals surface area contributed by atoms with Gasteiger partial charge in [0.15, 0.2) is 0 Å². The Morgan fingerprint density at radius 3 is 2.32 bits per heavy atom. The first-order valence-corrected chi connectivity index (χ1v) is 7.08. The van der Waals surface area contributed by atoms with Crippen LogP contribution in [0.15, 0.2) is 29.2 Å². The molecule has 1 aliphatic rings. The third-order valence-electron chi connectivity index (χ3n) is 2.66. The number of aromatic hydroxyl groups is 1. The summed E-state index contributed by atoms with van der Waals surface area (Å²) in [6, 6.07) is 6.71. The van der Waals surface area contributed by atoms with Gasteiger partial charge >= 0.3 is 0 Å². The number of phenolic OH excluding ortho intramolecular Hbond substituents is 1. The minimum atomic E-state index is -0.314. The maximum atomic E-state index is 12.3. The molecule has 0 saturated carbocycles. The van der Waals surface area contributed by atoms with Crippen LogP contribution in [0.3, 0.4) is 0 Å². The predicted octanol–water partition coefficient (Wildman–Crippen LogP) is 3.39. The predicted molar refractivity (Wildman–Crippen MR) is 82.9 cm³/mol. The molecule has 0 radical (unpaired) electrons. The average Bonchev–Trinajstić information content (AvgIpc) is 2.56. The minimum absolute atomic E-state index is 0.0597. The Labute approximate surface area is 122 Å². The second-order valence-electron chi connectivity index (χ2n) is 5.28. The first kappa shape index (κ1) is 14.1. The number of amides is 1. The van der Waals surface area contributed by atoms with Crippen LogP contribution in [-0.4, -0.2) is 25.8 Å². The molecule has 1 fully saturated rings. The number of phenols is 1. The first-order chi connectivity index (χ1) is 8.79. The highest BCUT2D eigenvalue weighted by Crippen LogP contribution is 2.36. The first-order valence-electron chi connectivity index (χ1n) is 5.86. The third kappa shape index (κ3) is 2.98. The number of thiocarbonyl (C=S) groups is 1. The molecule has 100 valence electrons. The molecule has 1 aromatic rings. The van der Waals surface area contributed by atoms with Crippen LogP contribution in [0.25, 0.3) is 6.08 Å². The molecule has 1 heterocycles. The molecular weight excluding hydrogens is 278 g/mol. The van der Waals surface area contributed by atoms with E-state index in [1.54, 1.807) is 35.2 Å². The fourth-order valence-electron chi connectivity index (χ4n) is 1.77. The van der Waals surface area contributed by atoms with Crippen LogP contribution in [0.1, 0.15) is 26.3 Å². The van der Waals surface area contributed by atoms with Crippen molar-refractivity contribution in [2.24, 2.45) is 0 Å². The summed E-state index contributed by atoms with van der Waals surface area (Å²) in [5.74, 6) is 0.148. The number of hydrogen-bond acceptors (Lipinski definition) is 4. The molecule has 3 nitrogen and oxygen atoms in total. The van der Waals surface area contributed by atoms with Crippen molar-refractivity contribution >= 4 is 40.3 Å². The number of carbonyl (C=O) groups is 1. The van der Waals surface area contributed by atoms with E-state index in [2.05, 4.69) is 0 Å². The lowest BCUT2D eigenvalue weighted by molar-refractivity contribution is -0.125. The molecule has 5 heteroatoms. The van der Waals surface area contributed by atoms with E-state index in [0.717, 1.165) is 5.56 Å². The summed E-state index contributed by atoms with van der Waals surface area (Å²) in [7, 11) is 0. The molecule has 0 bridgehead atoms. The highest BCUT2D eigenvalue weighted by molar-refractivity contribution is 8.26. The fraction of sp³-hybridized carbons (Fsp3) is 0.286. The third-order valence-corrected chi connectivity index (χ3v) is 3.96. The summed E-state index contributed by atoms with van der Waals surface area (Å²) < 4.78 is 0.586. The van der Waals surface area contributed by atoms with Gasteiger partial charge in [-0.15, -0.1) is 0 Å². The Morgan fingerprint density at radius 2 is 1.84 bits per heavy atom. The molecule has 1 N–H and O–H groups in total. The molecule has 1 aromatic carbocycles. The van der Waals surface area contributed by atoms with E-state index < -0.39 is 0 Å². The van der Waals surface area contributed by atoms with Crippen LogP contribution in [0, 0.1) is 0 Å². The van der Waals surface area contributed by atoms with Crippen molar-refractivity contribution < 1.29 is 9.90 Å². The summed E-state index contributed by atoms with van der Waals surface area (Å²) in [6.45, 7) is 5.88. The van der Waals surface area contributed by atoms with E-state index in [4.69, 9.17) is 12.2 Å². The zero-order chi connectivity index (χ0) is 14.2. The molecule has 0 spiro atoms. The lowest BCUT2D eigenvalue weighted by Gasteiger charge is -2.30. The Bertz CT molecular complexity index is 556. The van der Waals surface area contributed by atoms with E-state index in [1.165, 1.54) is 11.8 Å². The number of hydrogen-bond donors (Lipinski definition) is 1. The zero-order valence-corrected chi connectivity index (χ0v) is 12.6. The highest BCUT2D eigenvalue weighted by Gasteiger charge is 2.38. The highest BCUT2D eigenvalue weighted by atomic mass is 32.2. The van der Waals surface area contributed by atoms with E-state index in [9.17, 15) is 9.90 Å². The quantitative estimate of drug-likeness (QED) is 0.636. The molecule has 0 aliphatic carbocycles. The van der Waals surface area contributed by atoms with Gasteiger partial charge in [-0.25, -0.2) is 0 Å². The van der Waals surface area contributed by atoms with Crippen LogP contribution < -0.4 is 0 Å². The van der Waals surface area contributed by atoms with Crippen molar-refractivity contribution in [3.8, 4) is 5.75 Å². The van der Waals surface area contributed by atoms with Crippen LogP contribution in [0.5, 0.6) is 5.75 Å². The van der Waals surface area contributed by atoms with Gasteiger partial charge in [-0.1, -0.05) is 36.1 Å². The zero-order valence-electron chi connectivity index (χ0n) is 11.0. The van der Waals surface area contributed by atoms with E-state index in [0.29, 0.717) is 9.23 Å². The minimum Gasteiger partial charge on any atom is -0.508 e. The molecule has 2 rings (SSSR count). The second kappa shape index (κ2) is 4.98. The van der Waals surface area contributed by atoms with Crippen molar-refractivity contribution in [3.05, 3.63) is 34.7 Å². The van der Waals surface area contributed by atoms with Crippen molar-refractivity contribution in [1.82, 2.24) is 4.90 Å². The summed E-state index contributed by atoms with van der Waals surface area (Å²) >= 11 is 6.58. The maximum Gasteiger partial charge on any atom is 0.266 e. The van der Waals surface area contributed by atoms with Crippen LogP contribution in [0.2, 0.25) is 0 Å². The number of nitrogens with zero attached hydrogens (tertiary/aromatic N) is 1. The molecule has 1 aliphatic heterocycles. The molecular formula is C14H15NO2S2. The molecule has 1 amide bonds. The van der Waals surface area contributed by atoms with Gasteiger partial charge in [0.25, 0.3) is 5.91 Å². The maximum absolute atomic E-state index is 12.3. The van der Waals surface area contributed by atoms with Crippen molar-refractivity contribution in [2.75, 3.05) is 0 Å². The van der Waals surface area contributed by atoms with Gasteiger partial charge in [0.05, 0.1) is 4.91 Å². The van der Waals surface area contributed by atoms with E-state index in [-0.39, 0.29) is 17.2 Å². The summed E-state index contributed by atoms with van der Waals surface area (Å²) in [6.07, 6.45) is 1.80. The molecule has 0 aromatic heterocycles. The summed E-state index contributed by atoms with van der Waals surface area (Å²) in [5, 5.41) is 9.24. The van der Waals surface area contributed by atoms with Gasteiger partial charge < -0.3 is 5.11 Å². The second-order valence-corrected chi connectivity index (χ2v) is 6.96. The smallest absolute Gasteiger partial charge is 0.266 e. The van der Waals surface area contributed by atoms with Gasteiger partial charge in [0, 0.05) is 5.54 Å². The van der Waals surface area contributed by atoms with Gasteiger partial charge in [0.1, 0.15) is 10.1 Å². The largest absolute Gasteiger partial charge is 0.508 e. The summed E-state index contributed by atoms with van der Waals surface area (Å²) in [5.41, 5.74) is 0.554. The van der Waals surface area contributed by atoms with Gasteiger partial charge in [0.2, 0.25) is 0 Å². The Hall–Kier alpha value is -1.33. The number of carbonyl (C=O) groups excluding carboxylic acids is 1. The molecule has 0 atom stereocenters. The lowest BCUT2D eigenvalue weighted by Crippen LogP contribution is -2.44. The SMILES string of the molecule is CC(C)(C)N1C(=O)/C(=C/c2ccc(O)cc2)SC1=S. The van der Waals surface area contributed by atoms with Crippen LogP contribution in [0.4, 0.5) is 0 Å². The number of thioether (sulfide) groups is 1. The van der Waals surface area contributed by atoms with Crippen molar-refractivity contribution in [3.63, 3.8) is 0 Å². The average molecular weight is 293 g/mol. The Balaban J connectivity index is 2.31. The van der Waals surface area contributed by atoms with Gasteiger partial charge in [-0.3, -0.25) is 9.69 Å². The Morgan fingerprint density at radius 1 is 1.26 bits per heavy atom. The fourth-order valence-corrected chi connectivity index (χ4v) is 3.40. The molecule has 0 unspecified atom stereocenters. The lowest BCUT2D eigenvalue weighted by atomic mass is 10.1. The van der Waals surface area contributed by atoms with Gasteiger partial charge in [-0.05, 0) is 44.5 Å². The normalized spacial score (nSPS) is 18.5. The van der Waals surface area contributed by atoms with Crippen molar-refractivity contribution in [2.45, 2.75) is 26.3 Å². The van der Waals surface area contributed by atoms with Crippen LogP contribution >= 0.6 is 24.0 Å².